The van der Waals surface area contributed by atoms with Crippen LogP contribution in [0.4, 0.5) is 4.79 Å². The predicted molar refractivity (Wildman–Crippen MR) is 63.2 cm³/mol. The van der Waals surface area contributed by atoms with Gasteiger partial charge in [0, 0.05) is 12.6 Å². The molecule has 7 heteroatoms. The second kappa shape index (κ2) is 6.55. The Kier molecular flexibility index (Phi) is 5.36. The lowest BCUT2D eigenvalue weighted by molar-refractivity contribution is -0.141. The van der Waals surface area contributed by atoms with Crippen LogP contribution in [0.2, 0.25) is 0 Å². The molecule has 18 heavy (non-hydrogen) atoms. The van der Waals surface area contributed by atoms with Gasteiger partial charge in [0.2, 0.25) is 0 Å². The monoisotopic (exact) mass is 260 g/mol. The van der Waals surface area contributed by atoms with E-state index in [1.165, 1.54) is 11.8 Å². The second-order valence-corrected chi connectivity index (χ2v) is 4.47. The minimum absolute atomic E-state index is 0.170. The lowest BCUT2D eigenvalue weighted by Crippen LogP contribution is -2.56. The first-order valence-corrected chi connectivity index (χ1v) is 5.96. The molecule has 2 amide bonds. The molecule has 0 aromatic carbocycles. The number of aliphatic hydroxyl groups excluding tert-OH is 1. The number of carboxylic acid groups (broad SMARTS) is 1. The summed E-state index contributed by atoms with van der Waals surface area (Å²) in [5, 5.41) is 20.6. The summed E-state index contributed by atoms with van der Waals surface area (Å²) in [4.78, 5) is 24.2. The van der Waals surface area contributed by atoms with Gasteiger partial charge in [-0.05, 0) is 13.8 Å². The van der Waals surface area contributed by atoms with E-state index < -0.39 is 17.9 Å². The molecule has 0 aliphatic carbocycles. The average Bonchev–Trinajstić information content (AvgIpc) is 2.37. The molecule has 1 aliphatic heterocycles. The Hall–Kier alpha value is -1.34. The highest BCUT2D eigenvalue weighted by molar-refractivity contribution is 5.77. The molecule has 104 valence electrons. The first-order valence-electron chi connectivity index (χ1n) is 5.96. The first kappa shape index (κ1) is 14.7. The van der Waals surface area contributed by atoms with Crippen molar-refractivity contribution in [1.29, 1.82) is 0 Å². The summed E-state index contributed by atoms with van der Waals surface area (Å²) in [6.07, 6.45) is 0. The molecule has 1 rings (SSSR count). The van der Waals surface area contributed by atoms with Gasteiger partial charge in [-0.1, -0.05) is 0 Å². The molecule has 0 saturated carbocycles. The summed E-state index contributed by atoms with van der Waals surface area (Å²) in [6, 6.07) is -1.21. The number of amides is 2. The molecular formula is C11H20N2O5. The fraction of sp³-hybridized carbons (Fsp3) is 0.818. The number of rotatable bonds is 4. The smallest absolute Gasteiger partial charge is 0.318 e. The van der Waals surface area contributed by atoms with Gasteiger partial charge in [0.15, 0.2) is 0 Å². The molecule has 1 saturated heterocycles. The van der Waals surface area contributed by atoms with Crippen LogP contribution in [0.5, 0.6) is 0 Å². The van der Waals surface area contributed by atoms with E-state index in [4.69, 9.17) is 14.9 Å². The third-order valence-electron chi connectivity index (χ3n) is 3.19. The van der Waals surface area contributed by atoms with Crippen molar-refractivity contribution in [2.24, 2.45) is 5.92 Å². The van der Waals surface area contributed by atoms with Crippen molar-refractivity contribution < 1.29 is 24.5 Å². The van der Waals surface area contributed by atoms with E-state index in [-0.39, 0.29) is 18.7 Å². The highest BCUT2D eigenvalue weighted by Gasteiger charge is 2.29. The molecule has 1 heterocycles. The quantitative estimate of drug-likeness (QED) is 0.633. The van der Waals surface area contributed by atoms with Crippen molar-refractivity contribution in [3.05, 3.63) is 0 Å². The number of morpholine rings is 1. The average molecular weight is 260 g/mol. The Bertz CT molecular complexity index is 310. The SMILES string of the molecule is CC(NC(=O)N1CCOCC1CO)C(C)C(=O)O. The molecule has 7 nitrogen and oxygen atoms in total. The van der Waals surface area contributed by atoms with E-state index in [1.54, 1.807) is 6.92 Å². The Labute approximate surface area is 106 Å². The van der Waals surface area contributed by atoms with Gasteiger partial charge in [-0.3, -0.25) is 4.79 Å². The number of carbonyl (C=O) groups is 2. The molecule has 0 radical (unpaired) electrons. The normalized spacial score (nSPS) is 23.3. The molecule has 3 atom stereocenters. The highest BCUT2D eigenvalue weighted by atomic mass is 16.5. The van der Waals surface area contributed by atoms with Gasteiger partial charge in [0.1, 0.15) is 0 Å². The maximum Gasteiger partial charge on any atom is 0.318 e. The largest absolute Gasteiger partial charge is 0.481 e. The zero-order valence-electron chi connectivity index (χ0n) is 10.6. The number of carbonyl (C=O) groups excluding carboxylic acids is 1. The van der Waals surface area contributed by atoms with E-state index in [1.807, 2.05) is 0 Å². The fourth-order valence-electron chi connectivity index (χ4n) is 1.69. The summed E-state index contributed by atoms with van der Waals surface area (Å²) in [5.41, 5.74) is 0. The zero-order chi connectivity index (χ0) is 13.7. The van der Waals surface area contributed by atoms with Crippen LogP contribution in [0.15, 0.2) is 0 Å². The van der Waals surface area contributed by atoms with Crippen LogP contribution < -0.4 is 5.32 Å². The maximum absolute atomic E-state index is 12.0. The third-order valence-corrected chi connectivity index (χ3v) is 3.19. The summed E-state index contributed by atoms with van der Waals surface area (Å²) in [5.74, 6) is -1.62. The van der Waals surface area contributed by atoms with Crippen LogP contribution in [0.25, 0.3) is 0 Å². The number of aliphatic carboxylic acids is 1. The molecule has 3 N–H and O–H groups in total. The molecular weight excluding hydrogens is 240 g/mol. The van der Waals surface area contributed by atoms with E-state index in [2.05, 4.69) is 5.32 Å². The molecule has 0 aromatic heterocycles. The van der Waals surface area contributed by atoms with Gasteiger partial charge >= 0.3 is 12.0 Å². The lowest BCUT2D eigenvalue weighted by Gasteiger charge is -2.35. The minimum atomic E-state index is -0.955. The van der Waals surface area contributed by atoms with Crippen molar-refractivity contribution in [3.63, 3.8) is 0 Å². The Balaban J connectivity index is 2.55. The number of urea groups is 1. The van der Waals surface area contributed by atoms with Gasteiger partial charge in [-0.25, -0.2) is 4.79 Å². The number of ether oxygens (including phenoxy) is 1. The van der Waals surface area contributed by atoms with E-state index >= 15 is 0 Å². The topological polar surface area (TPSA) is 99.1 Å². The van der Waals surface area contributed by atoms with Crippen LogP contribution in [-0.4, -0.2) is 65.6 Å². The van der Waals surface area contributed by atoms with E-state index in [0.29, 0.717) is 19.8 Å². The first-order chi connectivity index (χ1) is 8.47. The van der Waals surface area contributed by atoms with E-state index in [9.17, 15) is 9.59 Å². The van der Waals surface area contributed by atoms with Gasteiger partial charge in [0.05, 0.1) is 31.8 Å². The van der Waals surface area contributed by atoms with Crippen LogP contribution in [-0.2, 0) is 9.53 Å². The van der Waals surface area contributed by atoms with Gasteiger partial charge in [-0.15, -0.1) is 0 Å². The number of nitrogens with zero attached hydrogens (tertiary/aromatic N) is 1. The second-order valence-electron chi connectivity index (χ2n) is 4.47. The Morgan fingerprint density at radius 1 is 1.50 bits per heavy atom. The van der Waals surface area contributed by atoms with Gasteiger partial charge in [-0.2, -0.15) is 0 Å². The summed E-state index contributed by atoms with van der Waals surface area (Å²) >= 11 is 0. The molecule has 0 aromatic rings. The maximum atomic E-state index is 12.0. The fourth-order valence-corrected chi connectivity index (χ4v) is 1.69. The molecule has 1 aliphatic rings. The van der Waals surface area contributed by atoms with E-state index in [0.717, 1.165) is 0 Å². The predicted octanol–water partition coefficient (Wildman–Crippen LogP) is -0.502. The van der Waals surface area contributed by atoms with Crippen molar-refractivity contribution >= 4 is 12.0 Å². The lowest BCUT2D eigenvalue weighted by atomic mass is 10.0. The highest BCUT2D eigenvalue weighted by Crippen LogP contribution is 2.09. The van der Waals surface area contributed by atoms with Crippen molar-refractivity contribution in [2.75, 3.05) is 26.4 Å². The van der Waals surface area contributed by atoms with Crippen molar-refractivity contribution in [2.45, 2.75) is 25.9 Å². The minimum Gasteiger partial charge on any atom is -0.481 e. The molecule has 0 spiro atoms. The molecule has 1 fully saturated rings. The summed E-state index contributed by atoms with van der Waals surface area (Å²) in [6.45, 7) is 4.13. The number of aliphatic hydroxyl groups is 1. The molecule has 0 bridgehead atoms. The van der Waals surface area contributed by atoms with Crippen LogP contribution >= 0.6 is 0 Å². The third kappa shape index (κ3) is 3.58. The number of nitrogens with one attached hydrogen (secondary N) is 1. The van der Waals surface area contributed by atoms with Gasteiger partial charge in [0.25, 0.3) is 0 Å². The van der Waals surface area contributed by atoms with Gasteiger partial charge < -0.3 is 25.2 Å². The Morgan fingerprint density at radius 3 is 2.72 bits per heavy atom. The summed E-state index contributed by atoms with van der Waals surface area (Å²) < 4.78 is 5.17. The molecule has 3 unspecified atom stereocenters. The summed E-state index contributed by atoms with van der Waals surface area (Å²) in [7, 11) is 0. The van der Waals surface area contributed by atoms with Crippen molar-refractivity contribution in [3.8, 4) is 0 Å². The number of carboxylic acids is 1. The van der Waals surface area contributed by atoms with Crippen LogP contribution in [0.3, 0.4) is 0 Å². The van der Waals surface area contributed by atoms with Crippen LogP contribution in [0, 0.1) is 5.92 Å². The number of hydrogen-bond acceptors (Lipinski definition) is 4. The van der Waals surface area contributed by atoms with Crippen molar-refractivity contribution in [1.82, 2.24) is 10.2 Å². The van der Waals surface area contributed by atoms with Crippen LogP contribution in [0.1, 0.15) is 13.8 Å². The number of hydrogen-bond donors (Lipinski definition) is 3. The zero-order valence-corrected chi connectivity index (χ0v) is 10.6. The standard InChI is InChI=1S/C11H20N2O5/c1-7(10(15)16)8(2)12-11(17)13-3-4-18-6-9(13)5-14/h7-9,14H,3-6H2,1-2H3,(H,12,17)(H,15,16). The Morgan fingerprint density at radius 2 is 2.17 bits per heavy atom.